The average molecular weight is 379 g/mol. The minimum atomic E-state index is -1.05. The van der Waals surface area contributed by atoms with E-state index in [1.807, 2.05) is 48.5 Å². The molecule has 0 aromatic heterocycles. The topological polar surface area (TPSA) is 84.7 Å². The zero-order valence-corrected chi connectivity index (χ0v) is 15.5. The maximum atomic E-state index is 13.5. The highest BCUT2D eigenvalue weighted by molar-refractivity contribution is 6.07. The van der Waals surface area contributed by atoms with Gasteiger partial charge in [-0.2, -0.15) is 0 Å². The van der Waals surface area contributed by atoms with Crippen molar-refractivity contribution in [1.29, 1.82) is 0 Å². The Morgan fingerprint density at radius 3 is 2.68 bits per heavy atom. The van der Waals surface area contributed by atoms with Gasteiger partial charge in [-0.15, -0.1) is 0 Å². The van der Waals surface area contributed by atoms with Crippen LogP contribution in [0.2, 0.25) is 0 Å². The molecule has 5 rings (SSSR count). The fraction of sp³-hybridized carbons (Fsp3) is 0.381. The molecule has 4 atom stereocenters. The highest BCUT2D eigenvalue weighted by atomic mass is 16.6. The van der Waals surface area contributed by atoms with E-state index in [2.05, 4.69) is 10.2 Å². The van der Waals surface area contributed by atoms with Crippen LogP contribution in [0.5, 0.6) is 5.75 Å². The van der Waals surface area contributed by atoms with Crippen molar-refractivity contribution < 1.29 is 14.5 Å². The molecule has 0 saturated carbocycles. The van der Waals surface area contributed by atoms with E-state index in [-0.39, 0.29) is 16.9 Å². The van der Waals surface area contributed by atoms with E-state index >= 15 is 0 Å². The minimum absolute atomic E-state index is 0.161. The minimum Gasteiger partial charge on any atom is -0.497 e. The molecule has 7 heteroatoms. The Hall–Kier alpha value is -2.93. The molecule has 0 radical (unpaired) electrons. The molecule has 3 aliphatic rings. The number of hydrogen-bond acceptors (Lipinski definition) is 5. The quantitative estimate of drug-likeness (QED) is 0.655. The number of ether oxygens (including phenoxy) is 1. The molecule has 2 aromatic rings. The highest BCUT2D eigenvalue weighted by Crippen LogP contribution is 2.59. The zero-order valence-electron chi connectivity index (χ0n) is 15.5. The number of anilines is 1. The standard InChI is InChI=1S/C21H21N3O4/c1-28-14-10-8-13(9-11-14)18-19(24(26)27)17-7-4-12-23(17)21(18)15-5-2-3-6-16(15)22-20(21)25/h2-3,5-6,8-11,17-19H,4,7,12H2,1H3,(H,22,25)/t17?,18-,19+,21+/m0/s1. The van der Waals surface area contributed by atoms with Gasteiger partial charge in [0.1, 0.15) is 11.3 Å². The van der Waals surface area contributed by atoms with Crippen LogP contribution in [0, 0.1) is 10.1 Å². The number of amides is 1. The van der Waals surface area contributed by atoms with Gasteiger partial charge in [0.05, 0.1) is 19.1 Å². The lowest BCUT2D eigenvalue weighted by Gasteiger charge is -2.36. The van der Waals surface area contributed by atoms with Crippen molar-refractivity contribution >= 4 is 11.6 Å². The summed E-state index contributed by atoms with van der Waals surface area (Å²) in [5.41, 5.74) is 1.34. The van der Waals surface area contributed by atoms with Gasteiger partial charge in [0.25, 0.3) is 5.91 Å². The SMILES string of the molecule is COc1ccc([C@H]2[C@H]([N+](=O)[O-])C3CCCN3[C@@]23C(=O)Nc2ccccc23)cc1. The number of methoxy groups -OCH3 is 1. The molecule has 1 spiro atoms. The monoisotopic (exact) mass is 379 g/mol. The number of nitrogens with zero attached hydrogens (tertiary/aromatic N) is 2. The molecule has 0 aliphatic carbocycles. The summed E-state index contributed by atoms with van der Waals surface area (Å²) < 4.78 is 5.25. The average Bonchev–Trinajstić information content (AvgIpc) is 3.35. The molecule has 0 bridgehead atoms. The molecule has 2 aromatic carbocycles. The lowest BCUT2D eigenvalue weighted by Crippen LogP contribution is -2.50. The maximum Gasteiger partial charge on any atom is 0.250 e. The van der Waals surface area contributed by atoms with Gasteiger partial charge < -0.3 is 10.1 Å². The Balaban J connectivity index is 1.77. The van der Waals surface area contributed by atoms with Crippen LogP contribution in [0.3, 0.4) is 0 Å². The highest BCUT2D eigenvalue weighted by Gasteiger charge is 2.71. The molecular formula is C21H21N3O4. The van der Waals surface area contributed by atoms with E-state index in [9.17, 15) is 14.9 Å². The lowest BCUT2D eigenvalue weighted by atomic mass is 9.73. The number of fused-ring (bicyclic) bond motifs is 4. The first-order valence-electron chi connectivity index (χ1n) is 9.54. The number of nitro groups is 1. The summed E-state index contributed by atoms with van der Waals surface area (Å²) in [6.07, 6.45) is 1.59. The predicted molar refractivity (Wildman–Crippen MR) is 103 cm³/mol. The largest absolute Gasteiger partial charge is 0.497 e. The van der Waals surface area contributed by atoms with Gasteiger partial charge >= 0.3 is 0 Å². The fourth-order valence-electron chi connectivity index (χ4n) is 5.60. The fourth-order valence-corrected chi connectivity index (χ4v) is 5.60. The molecule has 144 valence electrons. The van der Waals surface area contributed by atoms with E-state index < -0.39 is 17.5 Å². The molecule has 1 N–H and O–H groups in total. The Kier molecular flexibility index (Phi) is 3.71. The number of carbonyl (C=O) groups excluding carboxylic acids is 1. The van der Waals surface area contributed by atoms with Crippen LogP contribution in [0.15, 0.2) is 48.5 Å². The molecular weight excluding hydrogens is 358 g/mol. The Bertz CT molecular complexity index is 960. The lowest BCUT2D eigenvalue weighted by molar-refractivity contribution is -0.527. The summed E-state index contributed by atoms with van der Waals surface area (Å²) >= 11 is 0. The maximum absolute atomic E-state index is 13.5. The smallest absolute Gasteiger partial charge is 0.250 e. The number of hydrogen-bond donors (Lipinski definition) is 1. The second kappa shape index (κ2) is 6.04. The summed E-state index contributed by atoms with van der Waals surface area (Å²) in [6, 6.07) is 13.8. The predicted octanol–water partition coefficient (Wildman–Crippen LogP) is 2.75. The van der Waals surface area contributed by atoms with Gasteiger partial charge in [0.2, 0.25) is 6.04 Å². The van der Waals surface area contributed by atoms with Crippen molar-refractivity contribution in [3.05, 3.63) is 69.8 Å². The Labute approximate surface area is 162 Å². The van der Waals surface area contributed by atoms with Crippen molar-refractivity contribution in [2.75, 3.05) is 19.0 Å². The first-order valence-corrected chi connectivity index (χ1v) is 9.54. The van der Waals surface area contributed by atoms with Crippen LogP contribution in [0.25, 0.3) is 0 Å². The van der Waals surface area contributed by atoms with Gasteiger partial charge in [-0.05, 0) is 36.6 Å². The molecule has 1 amide bonds. The van der Waals surface area contributed by atoms with Crippen molar-refractivity contribution in [3.8, 4) is 5.75 Å². The number of rotatable bonds is 3. The second-order valence-electron chi connectivity index (χ2n) is 7.70. The molecule has 2 saturated heterocycles. The van der Waals surface area contributed by atoms with E-state index in [1.54, 1.807) is 7.11 Å². The van der Waals surface area contributed by atoms with Crippen LogP contribution in [0.1, 0.15) is 29.9 Å². The normalized spacial score (nSPS) is 30.9. The third-order valence-corrected chi connectivity index (χ3v) is 6.59. The first kappa shape index (κ1) is 17.2. The number of para-hydroxylation sites is 1. The molecule has 3 heterocycles. The third kappa shape index (κ3) is 2.05. The molecule has 2 fully saturated rings. The van der Waals surface area contributed by atoms with Crippen LogP contribution in [-0.4, -0.2) is 41.5 Å². The van der Waals surface area contributed by atoms with E-state index in [1.165, 1.54) is 0 Å². The summed E-state index contributed by atoms with van der Waals surface area (Å²) in [5.74, 6) is -0.0432. The molecule has 7 nitrogen and oxygen atoms in total. The zero-order chi connectivity index (χ0) is 19.5. The molecule has 3 aliphatic heterocycles. The van der Waals surface area contributed by atoms with Gasteiger partial charge in [0, 0.05) is 22.7 Å². The van der Waals surface area contributed by atoms with E-state index in [4.69, 9.17) is 4.74 Å². The molecule has 1 unspecified atom stereocenters. The van der Waals surface area contributed by atoms with Gasteiger partial charge in [0.15, 0.2) is 0 Å². The van der Waals surface area contributed by atoms with Crippen molar-refractivity contribution in [3.63, 3.8) is 0 Å². The second-order valence-corrected chi connectivity index (χ2v) is 7.70. The van der Waals surface area contributed by atoms with Crippen LogP contribution in [-0.2, 0) is 10.3 Å². The summed E-state index contributed by atoms with van der Waals surface area (Å²) in [4.78, 5) is 27.6. The van der Waals surface area contributed by atoms with Crippen LogP contribution < -0.4 is 10.1 Å². The van der Waals surface area contributed by atoms with Gasteiger partial charge in [-0.3, -0.25) is 19.8 Å². The van der Waals surface area contributed by atoms with Crippen molar-refractivity contribution in [1.82, 2.24) is 4.90 Å². The van der Waals surface area contributed by atoms with Crippen LogP contribution >= 0.6 is 0 Å². The first-order chi connectivity index (χ1) is 13.6. The Morgan fingerprint density at radius 1 is 1.21 bits per heavy atom. The summed E-state index contributed by atoms with van der Waals surface area (Å²) in [7, 11) is 1.59. The summed E-state index contributed by atoms with van der Waals surface area (Å²) in [6.45, 7) is 0.684. The number of carbonyl (C=O) groups is 1. The third-order valence-electron chi connectivity index (χ3n) is 6.59. The van der Waals surface area contributed by atoms with Gasteiger partial charge in [-0.1, -0.05) is 30.3 Å². The van der Waals surface area contributed by atoms with E-state index in [0.717, 1.165) is 29.7 Å². The van der Waals surface area contributed by atoms with Gasteiger partial charge in [-0.25, -0.2) is 0 Å². The Morgan fingerprint density at radius 2 is 1.96 bits per heavy atom. The van der Waals surface area contributed by atoms with E-state index in [0.29, 0.717) is 12.3 Å². The number of nitrogens with one attached hydrogen (secondary N) is 1. The van der Waals surface area contributed by atoms with Crippen molar-refractivity contribution in [2.24, 2.45) is 0 Å². The number of benzene rings is 2. The summed E-state index contributed by atoms with van der Waals surface area (Å²) in [5, 5.41) is 15.2. The van der Waals surface area contributed by atoms with Crippen LogP contribution in [0.4, 0.5) is 5.69 Å². The molecule has 28 heavy (non-hydrogen) atoms. The van der Waals surface area contributed by atoms with Crippen molar-refractivity contribution in [2.45, 2.75) is 36.4 Å².